The van der Waals surface area contributed by atoms with Crippen LogP contribution in [0.25, 0.3) is 0 Å². The van der Waals surface area contributed by atoms with Crippen molar-refractivity contribution < 1.29 is 29.3 Å². The Morgan fingerprint density at radius 2 is 1.15 bits per heavy atom. The number of hydrogen-bond donors (Lipinski definition) is 2. The zero-order valence-corrected chi connectivity index (χ0v) is 15.8. The van der Waals surface area contributed by atoms with Crippen LogP contribution in [0, 0.1) is 0 Å². The molecule has 8 nitrogen and oxygen atoms in total. The van der Waals surface area contributed by atoms with Crippen molar-refractivity contribution in [2.45, 2.75) is 12.8 Å². The third-order valence-electron chi connectivity index (χ3n) is 3.56. The summed E-state index contributed by atoms with van der Waals surface area (Å²) in [6, 6.07) is 2.45. The van der Waals surface area contributed by atoms with Crippen molar-refractivity contribution >= 4 is 11.9 Å². The molecule has 1 rings (SSSR count). The first-order valence-corrected chi connectivity index (χ1v) is 8.42. The summed E-state index contributed by atoms with van der Waals surface area (Å²) < 4.78 is 11.0. The standard InChI is InChI=1S/C18H28N2O6/c1-19(2)7-5-9-25-15-11-14(18(23)24)16(12-13(15)17(21)22)26-10-6-8-20(3)4/h11-12H,5-10H2,1-4H3,(H,21,22)(H,23,24). The molecule has 0 aromatic heterocycles. The minimum absolute atomic E-state index is 0.0364. The molecule has 0 radical (unpaired) electrons. The lowest BCUT2D eigenvalue weighted by atomic mass is 10.1. The Balaban J connectivity index is 2.95. The number of benzene rings is 1. The van der Waals surface area contributed by atoms with Crippen molar-refractivity contribution in [1.82, 2.24) is 9.80 Å². The maximum atomic E-state index is 11.5. The van der Waals surface area contributed by atoms with E-state index in [0.29, 0.717) is 26.1 Å². The first-order valence-electron chi connectivity index (χ1n) is 8.42. The number of carboxylic acid groups (broad SMARTS) is 2. The molecule has 0 bridgehead atoms. The SMILES string of the molecule is CN(C)CCCOc1cc(C(=O)O)c(OCCCN(C)C)cc1C(=O)O. The van der Waals surface area contributed by atoms with E-state index in [9.17, 15) is 19.8 Å². The fourth-order valence-electron chi connectivity index (χ4n) is 2.26. The lowest BCUT2D eigenvalue weighted by Crippen LogP contribution is -2.17. The molecule has 26 heavy (non-hydrogen) atoms. The van der Waals surface area contributed by atoms with Gasteiger partial charge in [0.2, 0.25) is 0 Å². The molecule has 0 saturated heterocycles. The zero-order chi connectivity index (χ0) is 19.7. The number of rotatable bonds is 12. The van der Waals surface area contributed by atoms with E-state index in [4.69, 9.17) is 9.47 Å². The fourth-order valence-corrected chi connectivity index (χ4v) is 2.26. The van der Waals surface area contributed by atoms with E-state index in [2.05, 4.69) is 0 Å². The Kier molecular flexibility index (Phi) is 8.87. The summed E-state index contributed by atoms with van der Waals surface area (Å²) in [6.45, 7) is 2.14. The average molecular weight is 368 g/mol. The summed E-state index contributed by atoms with van der Waals surface area (Å²) in [5.41, 5.74) is -0.218. The number of carboxylic acids is 2. The van der Waals surface area contributed by atoms with E-state index < -0.39 is 11.9 Å². The molecule has 1 aromatic carbocycles. The molecule has 0 spiro atoms. The molecule has 0 saturated carbocycles. The van der Waals surface area contributed by atoms with Crippen LogP contribution in [-0.2, 0) is 0 Å². The van der Waals surface area contributed by atoms with Crippen molar-refractivity contribution in [3.05, 3.63) is 23.3 Å². The minimum atomic E-state index is -1.19. The van der Waals surface area contributed by atoms with Crippen molar-refractivity contribution in [3.8, 4) is 11.5 Å². The molecule has 0 atom stereocenters. The van der Waals surface area contributed by atoms with Crippen LogP contribution in [0.15, 0.2) is 12.1 Å². The summed E-state index contributed by atoms with van der Waals surface area (Å²) in [6.07, 6.45) is 1.38. The van der Waals surface area contributed by atoms with Gasteiger partial charge in [0.1, 0.15) is 22.6 Å². The second kappa shape index (κ2) is 10.6. The van der Waals surface area contributed by atoms with E-state index in [1.54, 1.807) is 0 Å². The van der Waals surface area contributed by atoms with Crippen LogP contribution in [0.4, 0.5) is 0 Å². The summed E-state index contributed by atoms with van der Waals surface area (Å²) in [4.78, 5) is 27.0. The van der Waals surface area contributed by atoms with Crippen LogP contribution in [0.2, 0.25) is 0 Å². The molecule has 0 heterocycles. The highest BCUT2D eigenvalue weighted by molar-refractivity contribution is 5.97. The Morgan fingerprint density at radius 3 is 1.42 bits per heavy atom. The zero-order valence-electron chi connectivity index (χ0n) is 15.8. The molecule has 0 amide bonds. The van der Waals surface area contributed by atoms with Gasteiger partial charge >= 0.3 is 11.9 Å². The van der Waals surface area contributed by atoms with Gasteiger partial charge < -0.3 is 29.5 Å². The summed E-state index contributed by atoms with van der Waals surface area (Å²) in [5.74, 6) is -2.31. The van der Waals surface area contributed by atoms with Gasteiger partial charge in [-0.05, 0) is 53.2 Å². The third-order valence-corrected chi connectivity index (χ3v) is 3.56. The summed E-state index contributed by atoms with van der Waals surface area (Å²) in [5, 5.41) is 18.8. The van der Waals surface area contributed by atoms with Gasteiger partial charge in [0, 0.05) is 13.1 Å². The molecule has 1 aromatic rings. The summed E-state index contributed by atoms with van der Waals surface area (Å²) >= 11 is 0. The van der Waals surface area contributed by atoms with E-state index >= 15 is 0 Å². The number of hydrogen-bond acceptors (Lipinski definition) is 6. The van der Waals surface area contributed by atoms with E-state index in [0.717, 1.165) is 13.1 Å². The normalized spacial score (nSPS) is 11.0. The number of ether oxygens (including phenoxy) is 2. The van der Waals surface area contributed by atoms with Crippen LogP contribution < -0.4 is 9.47 Å². The van der Waals surface area contributed by atoms with Crippen LogP contribution in [0.5, 0.6) is 11.5 Å². The van der Waals surface area contributed by atoms with Gasteiger partial charge in [-0.1, -0.05) is 0 Å². The number of nitrogens with zero attached hydrogens (tertiary/aromatic N) is 2. The van der Waals surface area contributed by atoms with Crippen molar-refractivity contribution in [2.24, 2.45) is 0 Å². The minimum Gasteiger partial charge on any atom is -0.493 e. The molecular weight excluding hydrogens is 340 g/mol. The van der Waals surface area contributed by atoms with E-state index in [-0.39, 0.29) is 22.6 Å². The number of aromatic carboxylic acids is 2. The molecule has 0 aliphatic heterocycles. The van der Waals surface area contributed by atoms with Crippen LogP contribution >= 0.6 is 0 Å². The Hall–Kier alpha value is -2.32. The highest BCUT2D eigenvalue weighted by Crippen LogP contribution is 2.30. The molecule has 8 heteroatoms. The van der Waals surface area contributed by atoms with Gasteiger partial charge in [-0.3, -0.25) is 0 Å². The first kappa shape index (κ1) is 21.7. The number of carbonyl (C=O) groups is 2. The quantitative estimate of drug-likeness (QED) is 0.538. The third kappa shape index (κ3) is 7.28. The van der Waals surface area contributed by atoms with Gasteiger partial charge in [0.05, 0.1) is 13.2 Å². The molecule has 0 fully saturated rings. The smallest absolute Gasteiger partial charge is 0.339 e. The van der Waals surface area contributed by atoms with E-state index in [1.807, 2.05) is 38.0 Å². The Bertz CT molecular complexity index is 562. The Morgan fingerprint density at radius 1 is 0.808 bits per heavy atom. The fraction of sp³-hybridized carbons (Fsp3) is 0.556. The Labute approximate surface area is 153 Å². The molecule has 2 N–H and O–H groups in total. The van der Waals surface area contributed by atoms with Crippen LogP contribution in [0.1, 0.15) is 33.6 Å². The lowest BCUT2D eigenvalue weighted by molar-refractivity contribution is 0.0672. The largest absolute Gasteiger partial charge is 0.493 e. The molecule has 146 valence electrons. The second-order valence-corrected chi connectivity index (χ2v) is 6.47. The van der Waals surface area contributed by atoms with E-state index in [1.165, 1.54) is 12.1 Å². The predicted octanol–water partition coefficient (Wildman–Crippen LogP) is 1.74. The maximum absolute atomic E-state index is 11.5. The lowest BCUT2D eigenvalue weighted by Gasteiger charge is -2.16. The average Bonchev–Trinajstić information content (AvgIpc) is 2.54. The van der Waals surface area contributed by atoms with Crippen molar-refractivity contribution in [1.29, 1.82) is 0 Å². The molecule has 0 aliphatic rings. The van der Waals surface area contributed by atoms with Gasteiger partial charge in [-0.25, -0.2) is 9.59 Å². The molecule has 0 unspecified atom stereocenters. The summed E-state index contributed by atoms with van der Waals surface area (Å²) in [7, 11) is 7.70. The maximum Gasteiger partial charge on any atom is 0.339 e. The highest BCUT2D eigenvalue weighted by atomic mass is 16.5. The van der Waals surface area contributed by atoms with Gasteiger partial charge in [0.25, 0.3) is 0 Å². The van der Waals surface area contributed by atoms with Crippen molar-refractivity contribution in [2.75, 3.05) is 54.5 Å². The predicted molar refractivity (Wildman–Crippen MR) is 97.7 cm³/mol. The topological polar surface area (TPSA) is 99.5 Å². The van der Waals surface area contributed by atoms with Gasteiger partial charge in [-0.15, -0.1) is 0 Å². The highest BCUT2D eigenvalue weighted by Gasteiger charge is 2.21. The molecule has 0 aliphatic carbocycles. The van der Waals surface area contributed by atoms with Gasteiger partial charge in [-0.2, -0.15) is 0 Å². The van der Waals surface area contributed by atoms with Gasteiger partial charge in [0.15, 0.2) is 0 Å². The van der Waals surface area contributed by atoms with Crippen LogP contribution in [0.3, 0.4) is 0 Å². The molecular formula is C18H28N2O6. The van der Waals surface area contributed by atoms with Crippen molar-refractivity contribution in [3.63, 3.8) is 0 Å². The second-order valence-electron chi connectivity index (χ2n) is 6.47. The van der Waals surface area contributed by atoms with Crippen LogP contribution in [-0.4, -0.2) is 86.4 Å². The first-order chi connectivity index (χ1) is 12.2. The monoisotopic (exact) mass is 368 g/mol.